The van der Waals surface area contributed by atoms with Gasteiger partial charge >= 0.3 is 0 Å². The van der Waals surface area contributed by atoms with Crippen LogP contribution < -0.4 is 10.6 Å². The zero-order valence-corrected chi connectivity index (χ0v) is 13.7. The molecule has 0 unspecified atom stereocenters. The number of aromatic nitrogens is 3. The summed E-state index contributed by atoms with van der Waals surface area (Å²) in [6.07, 6.45) is 1.74. The normalized spacial score (nSPS) is 10.5. The van der Waals surface area contributed by atoms with Crippen LogP contribution in [-0.2, 0) is 6.54 Å². The highest BCUT2D eigenvalue weighted by Gasteiger charge is 2.05. The first-order chi connectivity index (χ1) is 11.6. The molecule has 2 aromatic heterocycles. The van der Waals surface area contributed by atoms with Gasteiger partial charge < -0.3 is 10.6 Å². The summed E-state index contributed by atoms with van der Waals surface area (Å²) in [4.78, 5) is 12.9. The van der Waals surface area contributed by atoms with Gasteiger partial charge in [-0.05, 0) is 37.3 Å². The van der Waals surface area contributed by atoms with Crippen LogP contribution in [-0.4, -0.2) is 15.0 Å². The summed E-state index contributed by atoms with van der Waals surface area (Å²) in [5, 5.41) is 6.36. The zero-order chi connectivity index (χ0) is 16.9. The molecule has 5 nitrogen and oxygen atoms in total. The predicted molar refractivity (Wildman–Crippen MR) is 93.0 cm³/mol. The fraction of sp³-hybridized carbons (Fsp3) is 0.118. The molecule has 0 aliphatic carbocycles. The van der Waals surface area contributed by atoms with E-state index in [-0.39, 0.29) is 5.02 Å². The Balaban J connectivity index is 1.74. The van der Waals surface area contributed by atoms with E-state index in [0.717, 1.165) is 5.69 Å². The van der Waals surface area contributed by atoms with E-state index in [4.69, 9.17) is 11.6 Å². The summed E-state index contributed by atoms with van der Waals surface area (Å²) in [6.45, 7) is 2.36. The second kappa shape index (κ2) is 7.23. The molecular formula is C17H15ClFN5. The fourth-order valence-electron chi connectivity index (χ4n) is 2.13. The van der Waals surface area contributed by atoms with E-state index in [0.29, 0.717) is 29.7 Å². The van der Waals surface area contributed by atoms with Crippen LogP contribution in [0, 0.1) is 12.7 Å². The van der Waals surface area contributed by atoms with Crippen LogP contribution in [0.4, 0.5) is 21.7 Å². The molecule has 0 atom stereocenters. The summed E-state index contributed by atoms with van der Waals surface area (Å²) in [5.41, 5.74) is 1.56. The van der Waals surface area contributed by atoms with Crippen LogP contribution in [0.1, 0.15) is 11.5 Å². The van der Waals surface area contributed by atoms with Gasteiger partial charge in [0, 0.05) is 18.0 Å². The molecule has 0 amide bonds. The molecule has 2 N–H and O–H groups in total. The minimum atomic E-state index is -0.459. The van der Waals surface area contributed by atoms with Crippen molar-refractivity contribution in [1.82, 2.24) is 15.0 Å². The van der Waals surface area contributed by atoms with Gasteiger partial charge in [0.1, 0.15) is 23.3 Å². The highest BCUT2D eigenvalue weighted by Crippen LogP contribution is 2.23. The molecule has 0 aliphatic heterocycles. The molecule has 0 saturated carbocycles. The second-order valence-electron chi connectivity index (χ2n) is 5.11. The molecule has 1 aromatic carbocycles. The van der Waals surface area contributed by atoms with Gasteiger partial charge in [-0.25, -0.2) is 14.4 Å². The van der Waals surface area contributed by atoms with E-state index in [2.05, 4.69) is 25.6 Å². The number of halogens is 2. The van der Waals surface area contributed by atoms with Gasteiger partial charge in [0.25, 0.3) is 0 Å². The smallest absolute Gasteiger partial charge is 0.141 e. The number of nitrogens with one attached hydrogen (secondary N) is 2. The van der Waals surface area contributed by atoms with Gasteiger partial charge in [-0.1, -0.05) is 17.7 Å². The molecule has 0 spiro atoms. The number of hydrogen-bond donors (Lipinski definition) is 2. The Hall–Kier alpha value is -2.73. The van der Waals surface area contributed by atoms with E-state index in [1.54, 1.807) is 25.3 Å². The first-order valence-corrected chi connectivity index (χ1v) is 7.69. The van der Waals surface area contributed by atoms with E-state index in [9.17, 15) is 4.39 Å². The molecule has 0 saturated heterocycles. The van der Waals surface area contributed by atoms with Crippen molar-refractivity contribution in [3.63, 3.8) is 0 Å². The summed E-state index contributed by atoms with van der Waals surface area (Å²) in [6, 6.07) is 11.9. The van der Waals surface area contributed by atoms with Crippen molar-refractivity contribution in [3.05, 3.63) is 71.0 Å². The van der Waals surface area contributed by atoms with Gasteiger partial charge in [0.15, 0.2) is 0 Å². The van der Waals surface area contributed by atoms with E-state index < -0.39 is 5.82 Å². The Bertz CT molecular complexity index is 842. The lowest BCUT2D eigenvalue weighted by Crippen LogP contribution is -2.06. The number of hydrogen-bond acceptors (Lipinski definition) is 5. The van der Waals surface area contributed by atoms with E-state index in [1.165, 1.54) is 12.1 Å². The van der Waals surface area contributed by atoms with Crippen molar-refractivity contribution in [2.75, 3.05) is 10.6 Å². The molecule has 3 rings (SSSR count). The Labute approximate surface area is 144 Å². The molecule has 2 heterocycles. The van der Waals surface area contributed by atoms with Crippen LogP contribution in [0.25, 0.3) is 0 Å². The number of rotatable bonds is 5. The molecule has 0 radical (unpaired) electrons. The SMILES string of the molecule is Cc1nc(NCc2ccccn2)cc(Nc2ccc(F)c(Cl)c2)n1. The van der Waals surface area contributed by atoms with Gasteiger partial charge in [0.2, 0.25) is 0 Å². The lowest BCUT2D eigenvalue weighted by atomic mass is 10.3. The third kappa shape index (κ3) is 4.17. The lowest BCUT2D eigenvalue weighted by Gasteiger charge is -2.10. The maximum atomic E-state index is 13.2. The molecule has 0 fully saturated rings. The van der Waals surface area contributed by atoms with Crippen molar-refractivity contribution in [3.8, 4) is 0 Å². The largest absolute Gasteiger partial charge is 0.364 e. The number of benzene rings is 1. The number of aryl methyl sites for hydroxylation is 1. The first-order valence-electron chi connectivity index (χ1n) is 7.32. The summed E-state index contributed by atoms with van der Waals surface area (Å²) >= 11 is 5.79. The van der Waals surface area contributed by atoms with Crippen LogP contribution in [0.2, 0.25) is 5.02 Å². The maximum Gasteiger partial charge on any atom is 0.141 e. The van der Waals surface area contributed by atoms with Crippen molar-refractivity contribution in [1.29, 1.82) is 0 Å². The Morgan fingerprint density at radius 3 is 2.67 bits per heavy atom. The second-order valence-corrected chi connectivity index (χ2v) is 5.52. The van der Waals surface area contributed by atoms with Crippen molar-refractivity contribution in [2.24, 2.45) is 0 Å². The maximum absolute atomic E-state index is 13.2. The van der Waals surface area contributed by atoms with E-state index in [1.807, 2.05) is 18.2 Å². The standard InChI is InChI=1S/C17H15ClFN5/c1-11-22-16(21-10-13-4-2-3-7-20-13)9-17(23-11)24-12-5-6-15(19)14(18)8-12/h2-9H,10H2,1H3,(H2,21,22,23,24). The Morgan fingerprint density at radius 2 is 1.92 bits per heavy atom. The van der Waals surface area contributed by atoms with Crippen molar-refractivity contribution in [2.45, 2.75) is 13.5 Å². The molecule has 24 heavy (non-hydrogen) atoms. The quantitative estimate of drug-likeness (QED) is 0.722. The highest BCUT2D eigenvalue weighted by molar-refractivity contribution is 6.31. The van der Waals surface area contributed by atoms with Crippen LogP contribution in [0.15, 0.2) is 48.7 Å². The molecule has 3 aromatic rings. The number of pyridine rings is 1. The molecule has 0 bridgehead atoms. The third-order valence-corrected chi connectivity index (χ3v) is 3.50. The topological polar surface area (TPSA) is 62.7 Å². The molecule has 122 valence electrons. The summed E-state index contributed by atoms with van der Waals surface area (Å²) in [7, 11) is 0. The molecular weight excluding hydrogens is 329 g/mol. The van der Waals surface area contributed by atoms with Crippen LogP contribution in [0.3, 0.4) is 0 Å². The van der Waals surface area contributed by atoms with Gasteiger partial charge in [-0.15, -0.1) is 0 Å². The molecule has 7 heteroatoms. The average molecular weight is 344 g/mol. The summed E-state index contributed by atoms with van der Waals surface area (Å²) < 4.78 is 13.2. The van der Waals surface area contributed by atoms with Gasteiger partial charge in [0.05, 0.1) is 17.3 Å². The Morgan fingerprint density at radius 1 is 1.08 bits per heavy atom. The molecule has 0 aliphatic rings. The monoisotopic (exact) mass is 343 g/mol. The minimum absolute atomic E-state index is 0.0549. The van der Waals surface area contributed by atoms with Crippen molar-refractivity contribution >= 4 is 28.9 Å². The zero-order valence-electron chi connectivity index (χ0n) is 12.9. The minimum Gasteiger partial charge on any atom is -0.364 e. The van der Waals surface area contributed by atoms with Gasteiger partial charge in [-0.2, -0.15) is 0 Å². The first kappa shape index (κ1) is 16.1. The average Bonchev–Trinajstić information content (AvgIpc) is 2.57. The third-order valence-electron chi connectivity index (χ3n) is 3.21. The van der Waals surface area contributed by atoms with Crippen LogP contribution in [0.5, 0.6) is 0 Å². The number of nitrogens with zero attached hydrogens (tertiary/aromatic N) is 3. The van der Waals surface area contributed by atoms with Crippen molar-refractivity contribution < 1.29 is 4.39 Å². The van der Waals surface area contributed by atoms with Crippen LogP contribution >= 0.6 is 11.6 Å². The predicted octanol–water partition coefficient (Wildman–Crippen LogP) is 4.33. The lowest BCUT2D eigenvalue weighted by molar-refractivity contribution is 0.628. The summed E-state index contributed by atoms with van der Waals surface area (Å²) in [5.74, 6) is 1.41. The van der Waals surface area contributed by atoms with Gasteiger partial charge in [-0.3, -0.25) is 4.98 Å². The van der Waals surface area contributed by atoms with E-state index >= 15 is 0 Å². The highest BCUT2D eigenvalue weighted by atomic mass is 35.5. The number of anilines is 3. The fourth-order valence-corrected chi connectivity index (χ4v) is 2.31. The Kier molecular flexibility index (Phi) is 4.86.